The summed E-state index contributed by atoms with van der Waals surface area (Å²) in [5.74, 6) is 7.40. The van der Waals surface area contributed by atoms with Crippen molar-refractivity contribution in [1.82, 2.24) is 14.5 Å². The van der Waals surface area contributed by atoms with E-state index in [0.717, 1.165) is 73.2 Å². The Labute approximate surface area is 207 Å². The van der Waals surface area contributed by atoms with Crippen LogP contribution in [0.15, 0.2) is 48.5 Å². The van der Waals surface area contributed by atoms with Gasteiger partial charge in [0.15, 0.2) is 0 Å². The molecule has 4 rings (SSSR count). The number of unbranched alkanes of at least 4 members (excludes halogenated alkanes) is 2. The molecule has 1 saturated heterocycles. The van der Waals surface area contributed by atoms with Gasteiger partial charge in [0.1, 0.15) is 11.9 Å². The number of nitrogens with two attached hydrogens (primary N) is 1. The number of nitrogens with zero attached hydrogens (tertiary/aromatic N) is 3. The van der Waals surface area contributed by atoms with Crippen molar-refractivity contribution in [2.45, 2.75) is 44.3 Å². The van der Waals surface area contributed by atoms with E-state index in [2.05, 4.69) is 53.6 Å². The molecule has 3 aromatic rings. The van der Waals surface area contributed by atoms with Crippen LogP contribution < -0.4 is 5.73 Å². The maximum Gasteiger partial charge on any atom is 0.404 e. The summed E-state index contributed by atoms with van der Waals surface area (Å²) in [7, 11) is 4.22. The first-order valence-electron chi connectivity index (χ1n) is 12.3. The van der Waals surface area contributed by atoms with Crippen LogP contribution in [0.1, 0.15) is 55.2 Å². The molecule has 184 valence electrons. The highest BCUT2D eigenvalue weighted by Crippen LogP contribution is 2.31. The number of fused-ring (bicyclic) bond motifs is 1. The topological polar surface area (TPSA) is 82.6 Å². The van der Waals surface area contributed by atoms with Gasteiger partial charge in [0.25, 0.3) is 0 Å². The van der Waals surface area contributed by atoms with Crippen molar-refractivity contribution < 1.29 is 14.3 Å². The number of benzene rings is 2. The molecule has 2 N–H and O–H groups in total. The molecule has 0 saturated carbocycles. The second-order valence-electron chi connectivity index (χ2n) is 9.09. The number of para-hydroxylation sites is 2. The minimum Gasteiger partial charge on any atom is -0.450 e. The summed E-state index contributed by atoms with van der Waals surface area (Å²) in [6.45, 7) is 2.41. The summed E-state index contributed by atoms with van der Waals surface area (Å²) in [5, 5.41) is 0. The summed E-state index contributed by atoms with van der Waals surface area (Å²) in [6, 6.07) is 16.5. The van der Waals surface area contributed by atoms with E-state index < -0.39 is 6.09 Å². The number of aromatic nitrogens is 2. The van der Waals surface area contributed by atoms with Gasteiger partial charge in [0, 0.05) is 32.1 Å². The maximum absolute atomic E-state index is 10.6. The van der Waals surface area contributed by atoms with Crippen LogP contribution in [-0.2, 0) is 16.5 Å². The lowest BCUT2D eigenvalue weighted by molar-refractivity contribution is -0.0276. The Balaban J connectivity index is 1.54. The second kappa shape index (κ2) is 11.9. The van der Waals surface area contributed by atoms with Gasteiger partial charge in [-0.25, -0.2) is 9.78 Å². The summed E-state index contributed by atoms with van der Waals surface area (Å²) >= 11 is 0. The molecule has 0 aliphatic carbocycles. The van der Waals surface area contributed by atoms with E-state index >= 15 is 0 Å². The number of imidazole rings is 1. The summed E-state index contributed by atoms with van der Waals surface area (Å²) in [5.41, 5.74) is 9.05. The molecule has 1 aromatic heterocycles. The van der Waals surface area contributed by atoms with Crippen LogP contribution in [-0.4, -0.2) is 53.4 Å². The minimum absolute atomic E-state index is 0.188. The molecule has 7 heteroatoms. The molecule has 35 heavy (non-hydrogen) atoms. The number of hydrogen-bond acceptors (Lipinski definition) is 5. The summed E-state index contributed by atoms with van der Waals surface area (Å²) < 4.78 is 13.7. The SMILES string of the molecule is CN1CCC(OC(c2cccc(C#CCCCCOC(N)=O)c2)c2nc3ccccc3n2C)CC1. The minimum atomic E-state index is -0.731. The Bertz CT molecular complexity index is 1200. The van der Waals surface area contributed by atoms with Crippen molar-refractivity contribution in [3.8, 4) is 11.8 Å². The lowest BCUT2D eigenvalue weighted by Gasteiger charge is -2.32. The lowest BCUT2D eigenvalue weighted by atomic mass is 10.0. The third-order valence-corrected chi connectivity index (χ3v) is 6.41. The highest BCUT2D eigenvalue weighted by atomic mass is 16.5. The van der Waals surface area contributed by atoms with Gasteiger partial charge in [-0.15, -0.1) is 0 Å². The predicted molar refractivity (Wildman–Crippen MR) is 137 cm³/mol. The molecule has 1 amide bonds. The first-order valence-corrected chi connectivity index (χ1v) is 12.3. The number of likely N-dealkylation sites (tertiary alicyclic amines) is 1. The quantitative estimate of drug-likeness (QED) is 0.387. The largest absolute Gasteiger partial charge is 0.450 e. The second-order valence-corrected chi connectivity index (χ2v) is 9.09. The van der Waals surface area contributed by atoms with E-state index in [9.17, 15) is 4.79 Å². The van der Waals surface area contributed by atoms with Crippen molar-refractivity contribution in [2.75, 3.05) is 26.7 Å². The van der Waals surface area contributed by atoms with Crippen LogP contribution >= 0.6 is 0 Å². The molecular weight excluding hydrogens is 440 g/mol. The normalized spacial score (nSPS) is 15.5. The van der Waals surface area contributed by atoms with Gasteiger partial charge in [0.2, 0.25) is 0 Å². The van der Waals surface area contributed by atoms with Crippen LogP contribution in [0.25, 0.3) is 11.0 Å². The predicted octanol–water partition coefficient (Wildman–Crippen LogP) is 4.39. The summed E-state index contributed by atoms with van der Waals surface area (Å²) in [4.78, 5) is 17.9. The number of hydrogen-bond donors (Lipinski definition) is 1. The van der Waals surface area contributed by atoms with Crippen LogP contribution in [0.5, 0.6) is 0 Å². The average molecular weight is 475 g/mol. The number of carbonyl (C=O) groups excluding carboxylic acids is 1. The zero-order valence-corrected chi connectivity index (χ0v) is 20.6. The molecular formula is C28H34N4O3. The standard InChI is InChI=1S/C28H34N4O3/c1-31-17-15-23(16-18-31)35-26(27-30-24-13-6-7-14-25(24)32(27)2)22-12-9-11-21(20-22)10-5-3-4-8-19-34-28(29)33/h6-7,9,11-14,20,23,26H,3-4,8,15-19H2,1-2H3,(H2,29,33). The van der Waals surface area contributed by atoms with Crippen LogP contribution in [0.4, 0.5) is 4.79 Å². The monoisotopic (exact) mass is 474 g/mol. The number of aryl methyl sites for hydroxylation is 1. The van der Waals surface area contributed by atoms with E-state index in [4.69, 9.17) is 20.2 Å². The molecule has 0 bridgehead atoms. The van der Waals surface area contributed by atoms with Gasteiger partial charge in [-0.05, 0) is 62.6 Å². The van der Waals surface area contributed by atoms with E-state index in [1.165, 1.54) is 0 Å². The highest BCUT2D eigenvalue weighted by Gasteiger charge is 2.27. The molecule has 1 unspecified atom stereocenters. The molecule has 7 nitrogen and oxygen atoms in total. The third-order valence-electron chi connectivity index (χ3n) is 6.41. The van der Waals surface area contributed by atoms with Gasteiger partial charge in [0.05, 0.1) is 23.7 Å². The Kier molecular flexibility index (Phi) is 8.40. The Morgan fingerprint density at radius 2 is 1.94 bits per heavy atom. The first kappa shape index (κ1) is 24.8. The molecule has 1 aliphatic heterocycles. The highest BCUT2D eigenvalue weighted by molar-refractivity contribution is 5.76. The van der Waals surface area contributed by atoms with Crippen LogP contribution in [0.2, 0.25) is 0 Å². The Morgan fingerprint density at radius 1 is 1.14 bits per heavy atom. The maximum atomic E-state index is 10.6. The zero-order valence-electron chi connectivity index (χ0n) is 20.6. The number of amides is 1. The fourth-order valence-corrected chi connectivity index (χ4v) is 4.43. The Hall–Kier alpha value is -3.34. The van der Waals surface area contributed by atoms with Gasteiger partial charge < -0.3 is 24.7 Å². The first-order chi connectivity index (χ1) is 17.0. The van der Waals surface area contributed by atoms with E-state index in [-0.39, 0.29) is 12.2 Å². The number of carbonyl (C=O) groups is 1. The van der Waals surface area contributed by atoms with Crippen molar-refractivity contribution >= 4 is 17.1 Å². The average Bonchev–Trinajstić information content (AvgIpc) is 3.19. The van der Waals surface area contributed by atoms with Gasteiger partial charge in [-0.3, -0.25) is 0 Å². The molecule has 2 aromatic carbocycles. The van der Waals surface area contributed by atoms with Crippen molar-refractivity contribution in [1.29, 1.82) is 0 Å². The molecule has 0 radical (unpaired) electrons. The summed E-state index contributed by atoms with van der Waals surface area (Å²) in [6.07, 6.45) is 3.53. The zero-order chi connectivity index (χ0) is 24.6. The smallest absolute Gasteiger partial charge is 0.404 e. The van der Waals surface area contributed by atoms with Gasteiger partial charge >= 0.3 is 6.09 Å². The fraction of sp³-hybridized carbons (Fsp3) is 0.429. The molecule has 1 fully saturated rings. The molecule has 1 aliphatic rings. The van der Waals surface area contributed by atoms with Crippen molar-refractivity contribution in [3.63, 3.8) is 0 Å². The number of primary amides is 1. The number of rotatable bonds is 8. The van der Waals surface area contributed by atoms with E-state index in [1.54, 1.807) is 0 Å². The molecule has 1 atom stereocenters. The van der Waals surface area contributed by atoms with Crippen molar-refractivity contribution in [3.05, 3.63) is 65.5 Å². The van der Waals surface area contributed by atoms with Gasteiger partial charge in [-0.2, -0.15) is 0 Å². The third kappa shape index (κ3) is 6.62. The lowest BCUT2D eigenvalue weighted by Crippen LogP contribution is -2.35. The van der Waals surface area contributed by atoms with E-state index in [1.807, 2.05) is 30.3 Å². The van der Waals surface area contributed by atoms with Crippen molar-refractivity contribution in [2.24, 2.45) is 12.8 Å². The van der Waals surface area contributed by atoms with Gasteiger partial charge in [-0.1, -0.05) is 36.1 Å². The van der Waals surface area contributed by atoms with E-state index in [0.29, 0.717) is 6.61 Å². The van der Waals surface area contributed by atoms with Crippen LogP contribution in [0, 0.1) is 11.8 Å². The molecule has 2 heterocycles. The molecule has 0 spiro atoms. The Morgan fingerprint density at radius 3 is 2.71 bits per heavy atom. The fourth-order valence-electron chi connectivity index (χ4n) is 4.43. The number of ether oxygens (including phenoxy) is 2. The number of piperidine rings is 1. The van der Waals surface area contributed by atoms with Crippen LogP contribution in [0.3, 0.4) is 0 Å².